The van der Waals surface area contributed by atoms with Gasteiger partial charge in [0, 0.05) is 16.8 Å². The lowest BCUT2D eigenvalue weighted by Crippen LogP contribution is -2.31. The number of carbonyl (C=O) groups is 2. The van der Waals surface area contributed by atoms with Gasteiger partial charge in [0.2, 0.25) is 0 Å². The van der Waals surface area contributed by atoms with E-state index in [2.05, 4.69) is 15.9 Å². The number of hydrogen-bond acceptors (Lipinski definition) is 3. The van der Waals surface area contributed by atoms with Crippen molar-refractivity contribution in [2.75, 3.05) is 23.5 Å². The third-order valence-electron chi connectivity index (χ3n) is 2.50. The van der Waals surface area contributed by atoms with Crippen LogP contribution in [0.2, 0.25) is 0 Å². The highest BCUT2D eigenvalue weighted by Crippen LogP contribution is 2.36. The molecule has 1 aliphatic heterocycles. The molecule has 17 heavy (non-hydrogen) atoms. The quantitative estimate of drug-likeness (QED) is 0.804. The molecule has 0 unspecified atom stereocenters. The lowest BCUT2D eigenvalue weighted by Gasteiger charge is -2.16. The Balaban J connectivity index is 2.48. The molecule has 0 bridgehead atoms. The van der Waals surface area contributed by atoms with Gasteiger partial charge in [0.15, 0.2) is 0 Å². The number of benzene rings is 1. The first-order chi connectivity index (χ1) is 8.06. The molecule has 0 atom stereocenters. The predicted octanol–water partition coefficient (Wildman–Crippen LogP) is 2.48. The zero-order valence-electron chi connectivity index (χ0n) is 9.00. The second kappa shape index (κ2) is 4.78. The van der Waals surface area contributed by atoms with Gasteiger partial charge in [0.05, 0.1) is 11.3 Å². The van der Waals surface area contributed by atoms with Gasteiger partial charge < -0.3 is 4.90 Å². The van der Waals surface area contributed by atoms with Gasteiger partial charge in [-0.2, -0.15) is 11.8 Å². The van der Waals surface area contributed by atoms with E-state index in [0.717, 1.165) is 11.8 Å². The molecule has 3 nitrogen and oxygen atoms in total. The molecule has 0 fully saturated rings. The maximum Gasteiger partial charge on any atom is 0.299 e. The maximum atomic E-state index is 13.2. The van der Waals surface area contributed by atoms with Crippen LogP contribution in [0.1, 0.15) is 10.4 Å². The molecule has 0 radical (unpaired) electrons. The van der Waals surface area contributed by atoms with E-state index in [9.17, 15) is 14.0 Å². The molecule has 0 N–H and O–H groups in total. The van der Waals surface area contributed by atoms with Gasteiger partial charge in [-0.3, -0.25) is 9.59 Å². The molecular weight excluding hydrogens is 309 g/mol. The Morgan fingerprint density at radius 1 is 1.41 bits per heavy atom. The lowest BCUT2D eigenvalue weighted by molar-refractivity contribution is -0.114. The molecular formula is C11H9BrFNO2S. The van der Waals surface area contributed by atoms with Gasteiger partial charge in [0.25, 0.3) is 11.7 Å². The minimum atomic E-state index is -0.638. The van der Waals surface area contributed by atoms with Gasteiger partial charge >= 0.3 is 0 Å². The molecule has 0 aromatic heterocycles. The topological polar surface area (TPSA) is 37.4 Å². The third-order valence-corrected chi connectivity index (χ3v) is 3.70. The van der Waals surface area contributed by atoms with Crippen LogP contribution in [0.15, 0.2) is 16.6 Å². The normalized spacial score (nSPS) is 14.4. The number of nitrogens with zero attached hydrogens (tertiary/aromatic N) is 1. The van der Waals surface area contributed by atoms with E-state index in [-0.39, 0.29) is 5.56 Å². The van der Waals surface area contributed by atoms with Gasteiger partial charge in [-0.1, -0.05) is 0 Å². The van der Waals surface area contributed by atoms with Crippen molar-refractivity contribution in [3.63, 3.8) is 0 Å². The molecule has 1 aromatic rings. The Kier molecular flexibility index (Phi) is 3.53. The molecule has 1 heterocycles. The van der Waals surface area contributed by atoms with Crippen LogP contribution in [0.4, 0.5) is 10.1 Å². The molecule has 0 aliphatic carbocycles. The highest BCUT2D eigenvalue weighted by atomic mass is 79.9. The molecule has 6 heteroatoms. The molecule has 1 amide bonds. The number of rotatable bonds is 3. The van der Waals surface area contributed by atoms with Crippen LogP contribution >= 0.6 is 27.7 Å². The van der Waals surface area contributed by atoms with Gasteiger partial charge in [0.1, 0.15) is 5.82 Å². The van der Waals surface area contributed by atoms with Crippen molar-refractivity contribution in [2.24, 2.45) is 0 Å². The van der Waals surface area contributed by atoms with Crippen LogP contribution in [0, 0.1) is 5.82 Å². The number of fused-ring (bicyclic) bond motifs is 1. The first-order valence-electron chi connectivity index (χ1n) is 4.90. The first kappa shape index (κ1) is 12.6. The molecule has 1 aliphatic rings. The summed E-state index contributed by atoms with van der Waals surface area (Å²) in [4.78, 5) is 24.8. The Labute approximate surface area is 110 Å². The second-order valence-electron chi connectivity index (χ2n) is 3.56. The number of ketones is 1. The van der Waals surface area contributed by atoms with Crippen molar-refractivity contribution in [2.45, 2.75) is 0 Å². The van der Waals surface area contributed by atoms with E-state index in [0.29, 0.717) is 16.7 Å². The highest BCUT2D eigenvalue weighted by Gasteiger charge is 2.37. The summed E-state index contributed by atoms with van der Waals surface area (Å²) in [7, 11) is 0. The van der Waals surface area contributed by atoms with Crippen LogP contribution in [0.5, 0.6) is 0 Å². The number of hydrogen-bond donors (Lipinski definition) is 0. The molecule has 0 saturated carbocycles. The van der Waals surface area contributed by atoms with Crippen molar-refractivity contribution in [1.29, 1.82) is 0 Å². The van der Waals surface area contributed by atoms with E-state index in [1.165, 1.54) is 11.0 Å². The molecule has 1 aromatic carbocycles. The van der Waals surface area contributed by atoms with E-state index in [4.69, 9.17) is 0 Å². The van der Waals surface area contributed by atoms with E-state index in [1.54, 1.807) is 11.8 Å². The third kappa shape index (κ3) is 2.11. The number of carbonyl (C=O) groups excluding carboxylic acids is 2. The molecule has 0 saturated heterocycles. The van der Waals surface area contributed by atoms with Crippen molar-refractivity contribution < 1.29 is 14.0 Å². The van der Waals surface area contributed by atoms with E-state index in [1.807, 2.05) is 6.26 Å². The number of amides is 1. The van der Waals surface area contributed by atoms with Crippen LogP contribution in [-0.4, -0.2) is 30.2 Å². The van der Waals surface area contributed by atoms with E-state index >= 15 is 0 Å². The summed E-state index contributed by atoms with van der Waals surface area (Å²) in [6, 6.07) is 2.37. The first-order valence-corrected chi connectivity index (χ1v) is 7.09. The minimum absolute atomic E-state index is 0.142. The fraction of sp³-hybridized carbons (Fsp3) is 0.273. The highest BCUT2D eigenvalue weighted by molar-refractivity contribution is 9.10. The van der Waals surface area contributed by atoms with Gasteiger partial charge in [-0.25, -0.2) is 4.39 Å². The van der Waals surface area contributed by atoms with Crippen molar-refractivity contribution >= 4 is 45.1 Å². The van der Waals surface area contributed by atoms with Crippen LogP contribution in [0.25, 0.3) is 0 Å². The average molecular weight is 318 g/mol. The molecule has 2 rings (SSSR count). The summed E-state index contributed by atoms with van der Waals surface area (Å²) < 4.78 is 13.6. The number of thioether (sulfide) groups is 1. The monoisotopic (exact) mass is 317 g/mol. The second-order valence-corrected chi connectivity index (χ2v) is 5.40. The van der Waals surface area contributed by atoms with Crippen molar-refractivity contribution in [3.05, 3.63) is 28.0 Å². The summed E-state index contributed by atoms with van der Waals surface area (Å²) in [6.07, 6.45) is 1.92. The summed E-state index contributed by atoms with van der Waals surface area (Å²) in [6.45, 7) is 0.447. The molecule has 0 spiro atoms. The number of halogens is 2. The maximum absolute atomic E-state index is 13.2. The zero-order valence-corrected chi connectivity index (χ0v) is 11.4. The minimum Gasteiger partial charge on any atom is -0.303 e. The average Bonchev–Trinajstić information content (AvgIpc) is 2.51. The van der Waals surface area contributed by atoms with E-state index < -0.39 is 17.5 Å². The van der Waals surface area contributed by atoms with Crippen LogP contribution < -0.4 is 4.90 Å². The summed E-state index contributed by atoms with van der Waals surface area (Å²) in [5.41, 5.74) is 0.624. The lowest BCUT2D eigenvalue weighted by atomic mass is 10.1. The Morgan fingerprint density at radius 3 is 2.76 bits per heavy atom. The van der Waals surface area contributed by atoms with Crippen molar-refractivity contribution in [3.8, 4) is 0 Å². The van der Waals surface area contributed by atoms with Crippen LogP contribution in [0.3, 0.4) is 0 Å². The number of Topliss-reactive ketones (excluding diaryl/α,β-unsaturated/α-hetero) is 1. The fourth-order valence-corrected chi connectivity index (χ4v) is 2.76. The Hall–Kier alpha value is -0.880. The fourth-order valence-electron chi connectivity index (χ4n) is 1.75. The summed E-state index contributed by atoms with van der Waals surface area (Å²) in [5.74, 6) is -1.02. The Morgan fingerprint density at radius 2 is 2.12 bits per heavy atom. The summed E-state index contributed by atoms with van der Waals surface area (Å²) >= 11 is 4.77. The van der Waals surface area contributed by atoms with Gasteiger partial charge in [-0.05, 0) is 34.3 Å². The largest absolute Gasteiger partial charge is 0.303 e. The SMILES string of the molecule is CSCCN1C(=O)C(=O)c2cc(F)cc(Br)c21. The van der Waals surface area contributed by atoms with Crippen molar-refractivity contribution in [1.82, 2.24) is 0 Å². The predicted molar refractivity (Wildman–Crippen MR) is 69.2 cm³/mol. The van der Waals surface area contributed by atoms with Gasteiger partial charge in [-0.15, -0.1) is 0 Å². The summed E-state index contributed by atoms with van der Waals surface area (Å²) in [5, 5.41) is 0. The number of anilines is 1. The molecule has 90 valence electrons. The standard InChI is InChI=1S/C11H9BrFNO2S/c1-17-3-2-14-9-7(10(15)11(14)16)4-6(13)5-8(9)12/h4-5H,2-3H2,1H3. The smallest absolute Gasteiger partial charge is 0.299 e. The van der Waals surface area contributed by atoms with Crippen LogP contribution in [-0.2, 0) is 4.79 Å². The zero-order chi connectivity index (χ0) is 12.6. The Bertz CT molecular complexity index is 506.